The Morgan fingerprint density at radius 3 is 2.48 bits per heavy atom. The highest BCUT2D eigenvalue weighted by atomic mass is 16.3. The highest BCUT2D eigenvalue weighted by Crippen LogP contribution is 2.19. The molecule has 0 aliphatic carbocycles. The van der Waals surface area contributed by atoms with Crippen molar-refractivity contribution < 1.29 is 9.21 Å². The van der Waals surface area contributed by atoms with E-state index in [1.54, 1.807) is 23.1 Å². The van der Waals surface area contributed by atoms with Gasteiger partial charge in [0, 0.05) is 30.1 Å². The number of H-pyrrole nitrogens is 1. The molecule has 1 amide bonds. The van der Waals surface area contributed by atoms with Gasteiger partial charge in [-0.3, -0.25) is 9.59 Å². The minimum atomic E-state index is -0.215. The van der Waals surface area contributed by atoms with Gasteiger partial charge in [0.25, 0.3) is 5.91 Å². The minimum absolute atomic E-state index is 0.186. The maximum Gasteiger partial charge on any atom is 0.290 e. The third kappa shape index (κ3) is 3.67. The number of carbonyl (C=O) groups excluding carboxylic acids is 1. The van der Waals surface area contributed by atoms with Gasteiger partial charge in [0.2, 0.25) is 5.56 Å². The summed E-state index contributed by atoms with van der Waals surface area (Å²) in [6, 6.07) is 22.2. The molecule has 5 nitrogen and oxygen atoms in total. The van der Waals surface area contributed by atoms with Crippen LogP contribution < -0.4 is 5.56 Å². The highest BCUT2D eigenvalue weighted by molar-refractivity contribution is 5.92. The average molecular weight is 358 g/mol. The summed E-state index contributed by atoms with van der Waals surface area (Å²) in [7, 11) is 0. The monoisotopic (exact) mass is 358 g/mol. The van der Waals surface area contributed by atoms with Crippen molar-refractivity contribution in [3.05, 3.63) is 106 Å². The van der Waals surface area contributed by atoms with Crippen LogP contribution in [0.1, 0.15) is 21.7 Å². The van der Waals surface area contributed by atoms with Crippen LogP contribution in [0.25, 0.3) is 10.9 Å². The number of pyridine rings is 1. The lowest BCUT2D eigenvalue weighted by molar-refractivity contribution is 0.0698. The molecule has 0 fully saturated rings. The summed E-state index contributed by atoms with van der Waals surface area (Å²) in [6.07, 6.45) is 1.48. The number of hydrogen-bond donors (Lipinski definition) is 1. The van der Waals surface area contributed by atoms with E-state index >= 15 is 0 Å². The summed E-state index contributed by atoms with van der Waals surface area (Å²) >= 11 is 0. The summed E-state index contributed by atoms with van der Waals surface area (Å²) in [6.45, 7) is 0.723. The zero-order chi connectivity index (χ0) is 18.6. The first-order valence-corrected chi connectivity index (χ1v) is 8.68. The zero-order valence-corrected chi connectivity index (χ0v) is 14.6. The summed E-state index contributed by atoms with van der Waals surface area (Å²) in [5.41, 5.74) is 2.37. The second kappa shape index (κ2) is 7.33. The SMILES string of the molecule is O=C(c1ccco1)N(Cc1ccccc1)Cc1cc(=O)[nH]c2ccccc12. The van der Waals surface area contributed by atoms with Gasteiger partial charge in [-0.1, -0.05) is 48.5 Å². The Labute approximate surface area is 155 Å². The average Bonchev–Trinajstić information content (AvgIpc) is 3.22. The number of rotatable bonds is 5. The summed E-state index contributed by atoms with van der Waals surface area (Å²) in [5.74, 6) is 0.0632. The quantitative estimate of drug-likeness (QED) is 0.587. The third-order valence-electron chi connectivity index (χ3n) is 4.43. The van der Waals surface area contributed by atoms with Crippen LogP contribution in [0.3, 0.4) is 0 Å². The standard InChI is InChI=1S/C22H18N2O3/c25-21-13-17(18-9-4-5-10-19(18)23-21)15-24(14-16-7-2-1-3-8-16)22(26)20-11-6-12-27-20/h1-13H,14-15H2,(H,23,25). The number of aromatic nitrogens is 1. The lowest BCUT2D eigenvalue weighted by atomic mass is 10.1. The third-order valence-corrected chi connectivity index (χ3v) is 4.43. The van der Waals surface area contributed by atoms with E-state index in [1.165, 1.54) is 6.26 Å². The second-order valence-corrected chi connectivity index (χ2v) is 6.33. The van der Waals surface area contributed by atoms with E-state index in [2.05, 4.69) is 4.98 Å². The fourth-order valence-electron chi connectivity index (χ4n) is 3.17. The molecule has 0 aliphatic heterocycles. The van der Waals surface area contributed by atoms with E-state index in [-0.39, 0.29) is 17.2 Å². The normalized spacial score (nSPS) is 10.8. The molecule has 0 unspecified atom stereocenters. The molecule has 134 valence electrons. The van der Waals surface area contributed by atoms with Crippen molar-refractivity contribution in [3.8, 4) is 0 Å². The van der Waals surface area contributed by atoms with Crippen LogP contribution >= 0.6 is 0 Å². The summed E-state index contributed by atoms with van der Waals surface area (Å²) in [4.78, 5) is 29.6. The van der Waals surface area contributed by atoms with E-state index in [0.717, 1.165) is 22.0 Å². The number of nitrogens with one attached hydrogen (secondary N) is 1. The number of carbonyl (C=O) groups is 1. The second-order valence-electron chi connectivity index (χ2n) is 6.33. The predicted molar refractivity (Wildman–Crippen MR) is 103 cm³/mol. The Morgan fingerprint density at radius 1 is 0.926 bits per heavy atom. The van der Waals surface area contributed by atoms with Crippen LogP contribution in [0, 0.1) is 0 Å². The molecule has 1 N–H and O–H groups in total. The molecule has 0 bridgehead atoms. The van der Waals surface area contributed by atoms with Gasteiger partial charge in [-0.15, -0.1) is 0 Å². The van der Waals surface area contributed by atoms with Crippen molar-refractivity contribution >= 4 is 16.8 Å². The zero-order valence-electron chi connectivity index (χ0n) is 14.6. The van der Waals surface area contributed by atoms with Crippen LogP contribution in [-0.4, -0.2) is 15.8 Å². The van der Waals surface area contributed by atoms with E-state index in [9.17, 15) is 9.59 Å². The Hall–Kier alpha value is -3.60. The number of hydrogen-bond acceptors (Lipinski definition) is 3. The topological polar surface area (TPSA) is 66.3 Å². The Morgan fingerprint density at radius 2 is 1.70 bits per heavy atom. The van der Waals surface area contributed by atoms with Gasteiger partial charge in [-0.05, 0) is 29.3 Å². The van der Waals surface area contributed by atoms with Gasteiger partial charge in [-0.2, -0.15) is 0 Å². The molecule has 2 heterocycles. The predicted octanol–water partition coefficient (Wildman–Crippen LogP) is 3.96. The first-order chi connectivity index (χ1) is 13.2. The fourth-order valence-corrected chi connectivity index (χ4v) is 3.17. The van der Waals surface area contributed by atoms with Crippen LogP contribution in [0.5, 0.6) is 0 Å². The van der Waals surface area contributed by atoms with Crippen molar-refractivity contribution in [3.63, 3.8) is 0 Å². The number of fused-ring (bicyclic) bond motifs is 1. The van der Waals surface area contributed by atoms with E-state index in [4.69, 9.17) is 4.42 Å². The largest absolute Gasteiger partial charge is 0.459 e. The molecule has 0 saturated carbocycles. The molecule has 0 aliphatic rings. The van der Waals surface area contributed by atoms with Crippen molar-refractivity contribution in [1.82, 2.24) is 9.88 Å². The van der Waals surface area contributed by atoms with Crippen molar-refractivity contribution in [1.29, 1.82) is 0 Å². The van der Waals surface area contributed by atoms with Crippen molar-refractivity contribution in [2.45, 2.75) is 13.1 Å². The molecule has 27 heavy (non-hydrogen) atoms. The molecule has 0 atom stereocenters. The molecular formula is C22H18N2O3. The highest BCUT2D eigenvalue weighted by Gasteiger charge is 2.20. The minimum Gasteiger partial charge on any atom is -0.459 e. The number of furan rings is 1. The molecule has 4 aromatic rings. The maximum absolute atomic E-state index is 13.0. The van der Waals surface area contributed by atoms with Crippen molar-refractivity contribution in [2.24, 2.45) is 0 Å². The smallest absolute Gasteiger partial charge is 0.290 e. The lowest BCUT2D eigenvalue weighted by Gasteiger charge is -2.22. The van der Waals surface area contributed by atoms with Gasteiger partial charge in [0.1, 0.15) is 0 Å². The van der Waals surface area contributed by atoms with Crippen LogP contribution in [-0.2, 0) is 13.1 Å². The first kappa shape index (κ1) is 16.8. The molecular weight excluding hydrogens is 340 g/mol. The van der Waals surface area contributed by atoms with Gasteiger partial charge in [-0.25, -0.2) is 0 Å². The van der Waals surface area contributed by atoms with E-state index < -0.39 is 0 Å². The number of amides is 1. The molecule has 2 aromatic carbocycles. The lowest BCUT2D eigenvalue weighted by Crippen LogP contribution is -2.30. The Kier molecular flexibility index (Phi) is 4.58. The van der Waals surface area contributed by atoms with Gasteiger partial charge in [0.05, 0.1) is 6.26 Å². The number of aromatic amines is 1. The van der Waals surface area contributed by atoms with Crippen LogP contribution in [0.4, 0.5) is 0 Å². The summed E-state index contributed by atoms with van der Waals surface area (Å²) in [5, 5.41) is 0.919. The van der Waals surface area contributed by atoms with Crippen LogP contribution in [0.15, 0.2) is 88.3 Å². The summed E-state index contributed by atoms with van der Waals surface area (Å²) < 4.78 is 5.30. The molecule has 0 radical (unpaired) electrons. The molecule has 0 saturated heterocycles. The van der Waals surface area contributed by atoms with Crippen molar-refractivity contribution in [2.75, 3.05) is 0 Å². The van der Waals surface area contributed by atoms with E-state index in [0.29, 0.717) is 13.1 Å². The number of nitrogens with zero attached hydrogens (tertiary/aromatic N) is 1. The fraction of sp³-hybridized carbons (Fsp3) is 0.0909. The Bertz CT molecular complexity index is 1120. The number of benzene rings is 2. The van der Waals surface area contributed by atoms with Gasteiger partial charge >= 0.3 is 0 Å². The van der Waals surface area contributed by atoms with Gasteiger partial charge < -0.3 is 14.3 Å². The van der Waals surface area contributed by atoms with E-state index in [1.807, 2.05) is 54.6 Å². The maximum atomic E-state index is 13.0. The molecule has 5 heteroatoms. The number of para-hydroxylation sites is 1. The molecule has 2 aromatic heterocycles. The molecule has 4 rings (SSSR count). The van der Waals surface area contributed by atoms with Gasteiger partial charge in [0.15, 0.2) is 5.76 Å². The first-order valence-electron chi connectivity index (χ1n) is 8.68. The molecule has 0 spiro atoms. The Balaban J connectivity index is 1.73. The van der Waals surface area contributed by atoms with Crippen LogP contribution in [0.2, 0.25) is 0 Å².